The lowest BCUT2D eigenvalue weighted by Gasteiger charge is -2.34. The Kier molecular flexibility index (Phi) is 2.64. The molecule has 0 amide bonds. The standard InChI is InChI=1S/C12H19NO/c1-3-4-7-12(2)10-6-9-14-11(10)5-8-13-12/h6,9,13H,3-5,7-8H2,1-2H3. The summed E-state index contributed by atoms with van der Waals surface area (Å²) in [6.45, 7) is 5.57. The van der Waals surface area contributed by atoms with Crippen molar-refractivity contribution in [2.75, 3.05) is 6.54 Å². The Labute approximate surface area is 85.7 Å². The normalized spacial score (nSPS) is 26.1. The third kappa shape index (κ3) is 1.59. The third-order valence-electron chi connectivity index (χ3n) is 3.24. The quantitative estimate of drug-likeness (QED) is 0.798. The highest BCUT2D eigenvalue weighted by Crippen LogP contribution is 2.33. The fourth-order valence-corrected chi connectivity index (χ4v) is 2.33. The third-order valence-corrected chi connectivity index (χ3v) is 3.24. The van der Waals surface area contributed by atoms with Crippen LogP contribution in [0.15, 0.2) is 16.7 Å². The van der Waals surface area contributed by atoms with E-state index in [-0.39, 0.29) is 5.54 Å². The fraction of sp³-hybridized carbons (Fsp3) is 0.667. The molecule has 1 aliphatic heterocycles. The van der Waals surface area contributed by atoms with Crippen molar-refractivity contribution in [2.24, 2.45) is 0 Å². The molecule has 1 aromatic heterocycles. The van der Waals surface area contributed by atoms with Gasteiger partial charge in [-0.05, 0) is 19.4 Å². The summed E-state index contributed by atoms with van der Waals surface area (Å²) in [7, 11) is 0. The molecule has 0 bridgehead atoms. The van der Waals surface area contributed by atoms with E-state index in [1.54, 1.807) is 0 Å². The van der Waals surface area contributed by atoms with Gasteiger partial charge in [0.05, 0.1) is 6.26 Å². The van der Waals surface area contributed by atoms with Crippen molar-refractivity contribution in [1.82, 2.24) is 5.32 Å². The van der Waals surface area contributed by atoms with Crippen LogP contribution in [0, 0.1) is 0 Å². The molecular weight excluding hydrogens is 174 g/mol. The molecule has 1 unspecified atom stereocenters. The molecule has 2 rings (SSSR count). The first-order valence-electron chi connectivity index (χ1n) is 5.58. The van der Waals surface area contributed by atoms with Crippen molar-refractivity contribution in [3.8, 4) is 0 Å². The summed E-state index contributed by atoms with van der Waals surface area (Å²) in [4.78, 5) is 0. The predicted molar refractivity (Wildman–Crippen MR) is 57.3 cm³/mol. The lowest BCUT2D eigenvalue weighted by molar-refractivity contribution is 0.298. The van der Waals surface area contributed by atoms with E-state index >= 15 is 0 Å². The lowest BCUT2D eigenvalue weighted by atomic mass is 9.84. The molecule has 2 heteroatoms. The first kappa shape index (κ1) is 9.78. The molecule has 1 aromatic rings. The van der Waals surface area contributed by atoms with Crippen LogP contribution in [0.4, 0.5) is 0 Å². The van der Waals surface area contributed by atoms with Crippen molar-refractivity contribution in [1.29, 1.82) is 0 Å². The molecule has 0 saturated heterocycles. The Balaban J connectivity index is 2.21. The second kappa shape index (κ2) is 3.77. The van der Waals surface area contributed by atoms with E-state index < -0.39 is 0 Å². The largest absolute Gasteiger partial charge is 0.469 e. The maximum Gasteiger partial charge on any atom is 0.110 e. The summed E-state index contributed by atoms with van der Waals surface area (Å²) >= 11 is 0. The first-order chi connectivity index (χ1) is 6.76. The zero-order chi connectivity index (χ0) is 10.0. The zero-order valence-electron chi connectivity index (χ0n) is 9.10. The van der Waals surface area contributed by atoms with Gasteiger partial charge < -0.3 is 9.73 Å². The number of hydrogen-bond donors (Lipinski definition) is 1. The van der Waals surface area contributed by atoms with E-state index in [1.807, 2.05) is 6.26 Å². The molecule has 0 radical (unpaired) electrons. The maximum atomic E-state index is 5.49. The van der Waals surface area contributed by atoms with Crippen LogP contribution in [0.1, 0.15) is 44.4 Å². The number of unbranched alkanes of at least 4 members (excludes halogenated alkanes) is 1. The molecular formula is C12H19NO. The number of furan rings is 1. The maximum absolute atomic E-state index is 5.49. The Bertz CT molecular complexity index is 305. The number of fused-ring (bicyclic) bond motifs is 1. The SMILES string of the molecule is CCCCC1(C)NCCc2occc21. The van der Waals surface area contributed by atoms with Crippen molar-refractivity contribution < 1.29 is 4.42 Å². The van der Waals surface area contributed by atoms with Crippen LogP contribution >= 0.6 is 0 Å². The van der Waals surface area contributed by atoms with Crippen LogP contribution < -0.4 is 5.32 Å². The van der Waals surface area contributed by atoms with Crippen LogP contribution in [-0.2, 0) is 12.0 Å². The predicted octanol–water partition coefficient (Wildman–Crippen LogP) is 2.83. The van der Waals surface area contributed by atoms with Crippen LogP contribution in [0.25, 0.3) is 0 Å². The average Bonchev–Trinajstić information content (AvgIpc) is 2.65. The highest BCUT2D eigenvalue weighted by Gasteiger charge is 2.32. The van der Waals surface area contributed by atoms with Crippen molar-refractivity contribution in [2.45, 2.75) is 45.1 Å². The van der Waals surface area contributed by atoms with E-state index in [1.165, 1.54) is 30.6 Å². The van der Waals surface area contributed by atoms with Crippen LogP contribution in [0.3, 0.4) is 0 Å². The lowest BCUT2D eigenvalue weighted by Crippen LogP contribution is -2.44. The van der Waals surface area contributed by atoms with Gasteiger partial charge >= 0.3 is 0 Å². The molecule has 1 aliphatic rings. The van der Waals surface area contributed by atoms with Gasteiger partial charge in [-0.3, -0.25) is 0 Å². The van der Waals surface area contributed by atoms with Gasteiger partial charge in [0.25, 0.3) is 0 Å². The summed E-state index contributed by atoms with van der Waals surface area (Å²) < 4.78 is 5.49. The Morgan fingerprint density at radius 1 is 1.57 bits per heavy atom. The van der Waals surface area contributed by atoms with Gasteiger partial charge in [-0.1, -0.05) is 19.8 Å². The molecule has 0 fully saturated rings. The molecule has 78 valence electrons. The van der Waals surface area contributed by atoms with E-state index in [0.717, 1.165) is 13.0 Å². The summed E-state index contributed by atoms with van der Waals surface area (Å²) in [5.74, 6) is 1.18. The molecule has 1 N–H and O–H groups in total. The molecule has 2 heterocycles. The van der Waals surface area contributed by atoms with E-state index in [2.05, 4.69) is 25.2 Å². The average molecular weight is 193 g/mol. The number of rotatable bonds is 3. The zero-order valence-corrected chi connectivity index (χ0v) is 9.10. The van der Waals surface area contributed by atoms with Crippen molar-refractivity contribution in [3.63, 3.8) is 0 Å². The minimum absolute atomic E-state index is 0.149. The van der Waals surface area contributed by atoms with Gasteiger partial charge in [-0.15, -0.1) is 0 Å². The van der Waals surface area contributed by atoms with Crippen molar-refractivity contribution >= 4 is 0 Å². The molecule has 0 aliphatic carbocycles. The fourth-order valence-electron chi connectivity index (χ4n) is 2.33. The molecule has 2 nitrogen and oxygen atoms in total. The monoisotopic (exact) mass is 193 g/mol. The van der Waals surface area contributed by atoms with Gasteiger partial charge in [0, 0.05) is 24.1 Å². The molecule has 14 heavy (non-hydrogen) atoms. The minimum atomic E-state index is 0.149. The Morgan fingerprint density at radius 3 is 3.21 bits per heavy atom. The smallest absolute Gasteiger partial charge is 0.110 e. The second-order valence-electron chi connectivity index (χ2n) is 4.37. The summed E-state index contributed by atoms with van der Waals surface area (Å²) in [5, 5.41) is 3.61. The number of hydrogen-bond acceptors (Lipinski definition) is 2. The summed E-state index contributed by atoms with van der Waals surface area (Å²) in [6.07, 6.45) is 6.58. The van der Waals surface area contributed by atoms with Crippen LogP contribution in [0.2, 0.25) is 0 Å². The van der Waals surface area contributed by atoms with Crippen LogP contribution in [0.5, 0.6) is 0 Å². The van der Waals surface area contributed by atoms with E-state index in [9.17, 15) is 0 Å². The topological polar surface area (TPSA) is 25.2 Å². The van der Waals surface area contributed by atoms with Gasteiger partial charge in [-0.2, -0.15) is 0 Å². The molecule has 1 atom stereocenters. The minimum Gasteiger partial charge on any atom is -0.469 e. The van der Waals surface area contributed by atoms with Crippen LogP contribution in [-0.4, -0.2) is 6.54 Å². The molecule has 0 aromatic carbocycles. The van der Waals surface area contributed by atoms with E-state index in [0.29, 0.717) is 0 Å². The van der Waals surface area contributed by atoms with Gasteiger partial charge in [0.1, 0.15) is 5.76 Å². The number of nitrogens with one attached hydrogen (secondary N) is 1. The van der Waals surface area contributed by atoms with E-state index in [4.69, 9.17) is 4.42 Å². The van der Waals surface area contributed by atoms with Crippen molar-refractivity contribution in [3.05, 3.63) is 23.7 Å². The second-order valence-corrected chi connectivity index (χ2v) is 4.37. The van der Waals surface area contributed by atoms with Gasteiger partial charge in [-0.25, -0.2) is 0 Å². The first-order valence-corrected chi connectivity index (χ1v) is 5.58. The Hall–Kier alpha value is -0.760. The summed E-state index contributed by atoms with van der Waals surface area (Å²) in [5.41, 5.74) is 1.52. The molecule has 0 spiro atoms. The highest BCUT2D eigenvalue weighted by atomic mass is 16.3. The highest BCUT2D eigenvalue weighted by molar-refractivity contribution is 5.28. The summed E-state index contributed by atoms with van der Waals surface area (Å²) in [6, 6.07) is 2.12. The van der Waals surface area contributed by atoms with Gasteiger partial charge in [0.2, 0.25) is 0 Å². The Morgan fingerprint density at radius 2 is 2.43 bits per heavy atom. The van der Waals surface area contributed by atoms with Gasteiger partial charge in [0.15, 0.2) is 0 Å². The molecule has 0 saturated carbocycles.